The molecule has 2 N–H and O–H groups in total. The minimum Gasteiger partial charge on any atom is -0.368 e. The maximum Gasteiger partial charge on any atom is 0.234 e. The Morgan fingerprint density at radius 1 is 1.67 bits per heavy atom. The lowest BCUT2D eigenvalue weighted by atomic mass is 10.0. The number of carbonyl (C=O) groups is 1. The smallest absolute Gasteiger partial charge is 0.234 e. The highest BCUT2D eigenvalue weighted by molar-refractivity contribution is 9.10. The third kappa shape index (κ3) is 2.38. The molecule has 1 aromatic heterocycles. The minimum atomic E-state index is -0.220. The molecule has 1 aliphatic heterocycles. The fourth-order valence-electron chi connectivity index (χ4n) is 1.72. The van der Waals surface area contributed by atoms with Crippen LogP contribution in [0.5, 0.6) is 0 Å². The Morgan fingerprint density at radius 2 is 2.47 bits per heavy atom. The minimum absolute atomic E-state index is 0.0657. The number of hydrogen-bond donors (Lipinski definition) is 1. The Morgan fingerprint density at radius 3 is 2.93 bits per heavy atom. The highest BCUT2D eigenvalue weighted by Crippen LogP contribution is 2.16. The summed E-state index contributed by atoms with van der Waals surface area (Å²) in [5.41, 5.74) is 5.25. The van der Waals surface area contributed by atoms with Gasteiger partial charge in [-0.15, -0.1) is 0 Å². The second-order valence-electron chi connectivity index (χ2n) is 3.66. The number of rotatable bonds is 4. The fourth-order valence-corrected chi connectivity index (χ4v) is 2.05. The van der Waals surface area contributed by atoms with E-state index in [1.807, 2.05) is 10.9 Å². The number of carbonyl (C=O) groups excluding carboxylic acids is 1. The van der Waals surface area contributed by atoms with Gasteiger partial charge < -0.3 is 5.73 Å². The molecule has 5 nitrogen and oxygen atoms in total. The van der Waals surface area contributed by atoms with Gasteiger partial charge in [0, 0.05) is 19.3 Å². The van der Waals surface area contributed by atoms with Gasteiger partial charge in [0.1, 0.15) is 0 Å². The van der Waals surface area contributed by atoms with Crippen LogP contribution in [0.1, 0.15) is 6.42 Å². The number of nitrogens with two attached hydrogens (primary N) is 1. The molecule has 0 aliphatic carbocycles. The zero-order valence-electron chi connectivity index (χ0n) is 8.27. The summed E-state index contributed by atoms with van der Waals surface area (Å²) in [5.74, 6) is -0.220. The maximum absolute atomic E-state index is 11.0. The second-order valence-corrected chi connectivity index (χ2v) is 4.58. The van der Waals surface area contributed by atoms with Crippen LogP contribution in [0, 0.1) is 0 Å². The molecule has 2 heterocycles. The molecule has 1 atom stereocenters. The van der Waals surface area contributed by atoms with Crippen molar-refractivity contribution in [3.8, 4) is 0 Å². The molecular weight excluding hydrogens is 260 g/mol. The van der Waals surface area contributed by atoms with Gasteiger partial charge >= 0.3 is 0 Å². The number of nitrogens with zero attached hydrogens (tertiary/aromatic N) is 3. The number of aromatic nitrogens is 2. The van der Waals surface area contributed by atoms with Gasteiger partial charge in [-0.3, -0.25) is 14.4 Å². The molecule has 1 aromatic rings. The predicted octanol–water partition coefficient (Wildman–Crippen LogP) is 0.205. The summed E-state index contributed by atoms with van der Waals surface area (Å²) < 4.78 is 2.82. The number of halogens is 1. The summed E-state index contributed by atoms with van der Waals surface area (Å²) in [6.45, 7) is 2.56. The van der Waals surface area contributed by atoms with Crippen LogP contribution in [0.15, 0.2) is 16.9 Å². The summed E-state index contributed by atoms with van der Waals surface area (Å²) in [7, 11) is 0. The van der Waals surface area contributed by atoms with Gasteiger partial charge in [-0.1, -0.05) is 0 Å². The van der Waals surface area contributed by atoms with Gasteiger partial charge in [-0.25, -0.2) is 0 Å². The molecule has 1 amide bonds. The molecule has 0 aromatic carbocycles. The highest BCUT2D eigenvalue weighted by Gasteiger charge is 2.31. The monoisotopic (exact) mass is 272 g/mol. The van der Waals surface area contributed by atoms with E-state index in [4.69, 9.17) is 5.73 Å². The van der Waals surface area contributed by atoms with E-state index in [9.17, 15) is 4.79 Å². The van der Waals surface area contributed by atoms with Crippen LogP contribution in [0.3, 0.4) is 0 Å². The van der Waals surface area contributed by atoms with Crippen molar-refractivity contribution in [2.24, 2.45) is 5.73 Å². The van der Waals surface area contributed by atoms with Crippen molar-refractivity contribution in [1.82, 2.24) is 14.7 Å². The maximum atomic E-state index is 11.0. The first-order valence-corrected chi connectivity index (χ1v) is 5.67. The standard InChI is InChI=1S/C9H13BrN4O/c10-7-5-12-14(6-7)4-3-13-2-1-8(13)9(11)15/h5-6,8H,1-4H2,(H2,11,15). The zero-order chi connectivity index (χ0) is 10.8. The molecule has 1 fully saturated rings. The zero-order valence-corrected chi connectivity index (χ0v) is 9.85. The Hall–Kier alpha value is -0.880. The molecule has 6 heteroatoms. The largest absolute Gasteiger partial charge is 0.368 e. The lowest BCUT2D eigenvalue weighted by Crippen LogP contribution is -2.55. The first kappa shape index (κ1) is 10.6. The number of amides is 1. The number of likely N-dealkylation sites (tertiary alicyclic amines) is 1. The SMILES string of the molecule is NC(=O)C1CCN1CCn1cc(Br)cn1. The van der Waals surface area contributed by atoms with E-state index in [2.05, 4.69) is 25.9 Å². The van der Waals surface area contributed by atoms with E-state index in [0.29, 0.717) is 0 Å². The summed E-state index contributed by atoms with van der Waals surface area (Å²) in [6.07, 6.45) is 4.55. The Labute approximate surface area is 96.4 Å². The lowest BCUT2D eigenvalue weighted by Gasteiger charge is -2.38. The average Bonchev–Trinajstić information content (AvgIpc) is 2.48. The topological polar surface area (TPSA) is 64.2 Å². The quantitative estimate of drug-likeness (QED) is 0.852. The average molecular weight is 273 g/mol. The molecule has 0 bridgehead atoms. The van der Waals surface area contributed by atoms with Crippen LogP contribution in [-0.4, -0.2) is 39.7 Å². The fraction of sp³-hybridized carbons (Fsp3) is 0.556. The molecule has 0 saturated carbocycles. The molecule has 0 spiro atoms. The van der Waals surface area contributed by atoms with E-state index in [-0.39, 0.29) is 11.9 Å². The van der Waals surface area contributed by atoms with E-state index < -0.39 is 0 Å². The predicted molar refractivity (Wildman–Crippen MR) is 59.1 cm³/mol. The Kier molecular flexibility index (Phi) is 3.06. The first-order valence-electron chi connectivity index (χ1n) is 4.88. The van der Waals surface area contributed by atoms with Crippen LogP contribution >= 0.6 is 15.9 Å². The Bertz CT molecular complexity index is 365. The van der Waals surface area contributed by atoms with Gasteiger partial charge in [0.05, 0.1) is 23.3 Å². The van der Waals surface area contributed by atoms with Crippen molar-refractivity contribution in [1.29, 1.82) is 0 Å². The summed E-state index contributed by atoms with van der Waals surface area (Å²) in [5, 5.41) is 4.14. The molecule has 0 radical (unpaired) electrons. The molecule has 1 unspecified atom stereocenters. The van der Waals surface area contributed by atoms with Crippen LogP contribution in [0.25, 0.3) is 0 Å². The summed E-state index contributed by atoms with van der Waals surface area (Å²) in [6, 6.07) is -0.0657. The molecular formula is C9H13BrN4O. The van der Waals surface area contributed by atoms with E-state index in [1.54, 1.807) is 6.20 Å². The van der Waals surface area contributed by atoms with Crippen LogP contribution < -0.4 is 5.73 Å². The number of primary amides is 1. The van der Waals surface area contributed by atoms with E-state index in [1.165, 1.54) is 0 Å². The van der Waals surface area contributed by atoms with Gasteiger partial charge in [-0.05, 0) is 22.4 Å². The highest BCUT2D eigenvalue weighted by atomic mass is 79.9. The molecule has 82 valence electrons. The first-order chi connectivity index (χ1) is 7.16. The van der Waals surface area contributed by atoms with Crippen molar-refractivity contribution < 1.29 is 4.79 Å². The normalized spacial score (nSPS) is 21.3. The van der Waals surface area contributed by atoms with Gasteiger partial charge in [0.25, 0.3) is 0 Å². The number of hydrogen-bond acceptors (Lipinski definition) is 3. The van der Waals surface area contributed by atoms with Crippen LogP contribution in [0.2, 0.25) is 0 Å². The van der Waals surface area contributed by atoms with Crippen molar-refractivity contribution in [2.45, 2.75) is 19.0 Å². The van der Waals surface area contributed by atoms with Crippen LogP contribution in [0.4, 0.5) is 0 Å². The van der Waals surface area contributed by atoms with Crippen molar-refractivity contribution in [3.63, 3.8) is 0 Å². The molecule has 2 rings (SSSR count). The summed E-state index contributed by atoms with van der Waals surface area (Å²) >= 11 is 3.33. The van der Waals surface area contributed by atoms with Crippen molar-refractivity contribution in [3.05, 3.63) is 16.9 Å². The van der Waals surface area contributed by atoms with Crippen molar-refractivity contribution >= 4 is 21.8 Å². The van der Waals surface area contributed by atoms with Gasteiger partial charge in [0.2, 0.25) is 5.91 Å². The lowest BCUT2D eigenvalue weighted by molar-refractivity contribution is -0.127. The second kappa shape index (κ2) is 4.32. The molecule has 15 heavy (non-hydrogen) atoms. The molecule has 1 saturated heterocycles. The third-order valence-electron chi connectivity index (χ3n) is 2.68. The van der Waals surface area contributed by atoms with Gasteiger partial charge in [0.15, 0.2) is 0 Å². The van der Waals surface area contributed by atoms with Crippen LogP contribution in [-0.2, 0) is 11.3 Å². The van der Waals surface area contributed by atoms with Gasteiger partial charge in [-0.2, -0.15) is 5.10 Å². The van der Waals surface area contributed by atoms with E-state index in [0.717, 1.165) is 30.5 Å². The Balaban J connectivity index is 1.81. The van der Waals surface area contributed by atoms with E-state index >= 15 is 0 Å². The van der Waals surface area contributed by atoms with Crippen molar-refractivity contribution in [2.75, 3.05) is 13.1 Å². The molecule has 1 aliphatic rings. The summed E-state index contributed by atoms with van der Waals surface area (Å²) in [4.78, 5) is 13.0. The third-order valence-corrected chi connectivity index (χ3v) is 3.09.